The quantitative estimate of drug-likeness (QED) is 0.0631. The Kier molecular flexibility index (Phi) is 25.8. The molecule has 0 aromatic heterocycles. The van der Waals surface area contributed by atoms with Gasteiger partial charge in [0.15, 0.2) is 0 Å². The number of nitrogens with zero attached hydrogens (tertiary/aromatic N) is 2. The normalized spacial score (nSPS) is 15.5. The van der Waals surface area contributed by atoms with E-state index >= 15 is 0 Å². The number of ether oxygens (including phenoxy) is 2. The summed E-state index contributed by atoms with van der Waals surface area (Å²) in [5.74, 6) is 0.496. The van der Waals surface area contributed by atoms with Crippen LogP contribution in [0.25, 0.3) is 0 Å². The Balaban J connectivity index is 2.36. The van der Waals surface area contributed by atoms with Crippen LogP contribution in [0.1, 0.15) is 189 Å². The first-order chi connectivity index (χ1) is 21.7. The fourth-order valence-corrected chi connectivity index (χ4v) is 6.44. The summed E-state index contributed by atoms with van der Waals surface area (Å²) < 4.78 is 11.3. The molecule has 6 nitrogen and oxygen atoms in total. The van der Waals surface area contributed by atoms with Crippen molar-refractivity contribution in [2.45, 2.75) is 194 Å². The van der Waals surface area contributed by atoms with E-state index in [0.717, 1.165) is 64.8 Å². The average molecular weight is 637 g/mol. The molecular formula is C39H76N2O4. The molecule has 0 aromatic rings. The highest BCUT2D eigenvalue weighted by atomic mass is 16.6. The van der Waals surface area contributed by atoms with Crippen molar-refractivity contribution in [2.75, 3.05) is 39.3 Å². The maximum Gasteiger partial charge on any atom is 0.410 e. The van der Waals surface area contributed by atoms with Gasteiger partial charge in [-0.05, 0) is 78.3 Å². The number of piperidine rings is 1. The van der Waals surface area contributed by atoms with E-state index in [-0.39, 0.29) is 12.1 Å². The average Bonchev–Trinajstić information content (AvgIpc) is 3.00. The van der Waals surface area contributed by atoms with Crippen molar-refractivity contribution in [3.63, 3.8) is 0 Å². The van der Waals surface area contributed by atoms with Gasteiger partial charge < -0.3 is 19.3 Å². The van der Waals surface area contributed by atoms with Gasteiger partial charge in [-0.1, -0.05) is 123 Å². The van der Waals surface area contributed by atoms with Crippen molar-refractivity contribution in [3.8, 4) is 0 Å². The number of likely N-dealkylation sites (tertiary alicyclic amines) is 1. The Labute approximate surface area is 280 Å². The summed E-state index contributed by atoms with van der Waals surface area (Å²) in [6, 6.07) is 0. The molecule has 1 amide bonds. The number of amides is 1. The molecule has 0 N–H and O–H groups in total. The zero-order chi connectivity index (χ0) is 33.0. The summed E-state index contributed by atoms with van der Waals surface area (Å²) in [6.07, 6.45) is 29.6. The van der Waals surface area contributed by atoms with E-state index in [1.54, 1.807) is 0 Å². The molecule has 0 radical (unpaired) electrons. The van der Waals surface area contributed by atoms with E-state index in [1.807, 2.05) is 25.7 Å². The molecule has 0 saturated carbocycles. The van der Waals surface area contributed by atoms with Crippen molar-refractivity contribution in [1.29, 1.82) is 0 Å². The summed E-state index contributed by atoms with van der Waals surface area (Å²) in [6.45, 7) is 15.6. The van der Waals surface area contributed by atoms with Gasteiger partial charge in [0.2, 0.25) is 0 Å². The van der Waals surface area contributed by atoms with E-state index in [0.29, 0.717) is 18.9 Å². The number of carbonyl (C=O) groups excluding carboxylic acids is 2. The smallest absolute Gasteiger partial charge is 0.410 e. The Morgan fingerprint density at radius 2 is 1.20 bits per heavy atom. The van der Waals surface area contributed by atoms with Crippen LogP contribution in [-0.2, 0) is 14.3 Å². The molecular weight excluding hydrogens is 560 g/mol. The molecule has 1 atom stereocenters. The van der Waals surface area contributed by atoms with Gasteiger partial charge in [-0.3, -0.25) is 4.79 Å². The summed E-state index contributed by atoms with van der Waals surface area (Å²) in [5.41, 5.74) is -0.452. The fourth-order valence-electron chi connectivity index (χ4n) is 6.44. The molecule has 45 heavy (non-hydrogen) atoms. The van der Waals surface area contributed by atoms with Gasteiger partial charge in [-0.15, -0.1) is 0 Å². The lowest BCUT2D eigenvalue weighted by Crippen LogP contribution is -2.43. The largest absolute Gasteiger partial charge is 0.466 e. The maximum absolute atomic E-state index is 12.7. The summed E-state index contributed by atoms with van der Waals surface area (Å²) in [7, 11) is 0. The predicted molar refractivity (Wildman–Crippen MR) is 191 cm³/mol. The molecule has 1 rings (SSSR count). The van der Waals surface area contributed by atoms with Gasteiger partial charge >= 0.3 is 12.1 Å². The van der Waals surface area contributed by atoms with Crippen molar-refractivity contribution in [3.05, 3.63) is 0 Å². The number of esters is 1. The second kappa shape index (κ2) is 27.8. The minimum Gasteiger partial charge on any atom is -0.466 e. The van der Waals surface area contributed by atoms with Crippen LogP contribution in [-0.4, -0.2) is 66.8 Å². The van der Waals surface area contributed by atoms with Crippen LogP contribution < -0.4 is 0 Å². The lowest BCUT2D eigenvalue weighted by molar-refractivity contribution is -0.144. The number of hydrogen-bond acceptors (Lipinski definition) is 5. The van der Waals surface area contributed by atoms with E-state index in [9.17, 15) is 9.59 Å². The van der Waals surface area contributed by atoms with Gasteiger partial charge in [0.25, 0.3) is 0 Å². The van der Waals surface area contributed by atoms with Crippen molar-refractivity contribution < 1.29 is 19.1 Å². The second-order valence-corrected chi connectivity index (χ2v) is 14.9. The van der Waals surface area contributed by atoms with E-state index in [2.05, 4.69) is 18.7 Å². The van der Waals surface area contributed by atoms with E-state index in [4.69, 9.17) is 9.47 Å². The number of rotatable bonds is 28. The molecule has 0 bridgehead atoms. The Morgan fingerprint density at radius 1 is 0.689 bits per heavy atom. The van der Waals surface area contributed by atoms with Gasteiger partial charge in [0, 0.05) is 26.1 Å². The minimum atomic E-state index is -0.452. The Bertz CT molecular complexity index is 708. The molecule has 6 heteroatoms. The van der Waals surface area contributed by atoms with Crippen LogP contribution in [0.15, 0.2) is 0 Å². The van der Waals surface area contributed by atoms with Crippen LogP contribution in [0.2, 0.25) is 0 Å². The molecule has 0 spiro atoms. The first-order valence-electron chi connectivity index (χ1n) is 19.6. The summed E-state index contributed by atoms with van der Waals surface area (Å²) in [4.78, 5) is 29.4. The van der Waals surface area contributed by atoms with Crippen molar-refractivity contribution in [2.24, 2.45) is 5.92 Å². The highest BCUT2D eigenvalue weighted by Crippen LogP contribution is 2.22. The zero-order valence-electron chi connectivity index (χ0n) is 30.8. The van der Waals surface area contributed by atoms with Crippen molar-refractivity contribution >= 4 is 12.1 Å². The molecule has 1 saturated heterocycles. The minimum absolute atomic E-state index is 0.0273. The Hall–Kier alpha value is -1.30. The van der Waals surface area contributed by atoms with E-state index in [1.165, 1.54) is 116 Å². The van der Waals surface area contributed by atoms with Crippen LogP contribution in [0.5, 0.6) is 0 Å². The Morgan fingerprint density at radius 3 is 1.76 bits per heavy atom. The molecule has 1 unspecified atom stereocenters. The molecule has 1 fully saturated rings. The predicted octanol–water partition coefficient (Wildman–Crippen LogP) is 11.1. The fraction of sp³-hybridized carbons (Fsp3) is 0.949. The van der Waals surface area contributed by atoms with Crippen LogP contribution in [0.4, 0.5) is 4.79 Å². The third-order valence-corrected chi connectivity index (χ3v) is 9.22. The molecule has 0 aromatic carbocycles. The first kappa shape index (κ1) is 41.7. The van der Waals surface area contributed by atoms with E-state index < -0.39 is 5.60 Å². The highest BCUT2D eigenvalue weighted by Gasteiger charge is 2.27. The third kappa shape index (κ3) is 25.5. The van der Waals surface area contributed by atoms with Gasteiger partial charge in [-0.25, -0.2) is 4.79 Å². The third-order valence-electron chi connectivity index (χ3n) is 9.22. The standard InChI is InChI=1S/C39H76N2O4/c1-6-8-10-12-14-15-16-17-18-20-22-24-30-40(31-26-34-44-37(42)28-23-21-19-13-11-9-7-2)33-29-36-27-25-32-41(35-36)38(43)45-39(3,4)5/h36H,6-35H2,1-5H3. The lowest BCUT2D eigenvalue weighted by atomic mass is 9.94. The molecule has 266 valence electrons. The van der Waals surface area contributed by atoms with Crippen LogP contribution in [0.3, 0.4) is 0 Å². The van der Waals surface area contributed by atoms with Gasteiger partial charge in [0.1, 0.15) is 5.60 Å². The zero-order valence-corrected chi connectivity index (χ0v) is 30.8. The number of carbonyl (C=O) groups is 2. The highest BCUT2D eigenvalue weighted by molar-refractivity contribution is 5.69. The molecule has 1 aliphatic heterocycles. The van der Waals surface area contributed by atoms with Crippen molar-refractivity contribution in [1.82, 2.24) is 9.80 Å². The topological polar surface area (TPSA) is 59.1 Å². The van der Waals surface area contributed by atoms with Gasteiger partial charge in [0.05, 0.1) is 6.61 Å². The maximum atomic E-state index is 12.7. The molecule has 1 heterocycles. The monoisotopic (exact) mass is 637 g/mol. The number of unbranched alkanes of at least 4 members (excludes halogenated alkanes) is 17. The SMILES string of the molecule is CCCCCCCCCCCCCCN(CCCOC(=O)CCCCCCCCC)CCC1CCCN(C(=O)OC(C)(C)C)C1. The van der Waals surface area contributed by atoms with Crippen LogP contribution in [0, 0.1) is 5.92 Å². The van der Waals surface area contributed by atoms with Crippen LogP contribution >= 0.6 is 0 Å². The molecule has 0 aliphatic carbocycles. The first-order valence-corrected chi connectivity index (χ1v) is 19.6. The van der Waals surface area contributed by atoms with Gasteiger partial charge in [-0.2, -0.15) is 0 Å². The molecule has 1 aliphatic rings. The summed E-state index contributed by atoms with van der Waals surface area (Å²) >= 11 is 0. The summed E-state index contributed by atoms with van der Waals surface area (Å²) in [5, 5.41) is 0. The number of hydrogen-bond donors (Lipinski definition) is 0. The lowest BCUT2D eigenvalue weighted by Gasteiger charge is -2.35. The second-order valence-electron chi connectivity index (χ2n) is 14.9.